The lowest BCUT2D eigenvalue weighted by Gasteiger charge is -2.56. The fourth-order valence-electron chi connectivity index (χ4n) is 7.25. The lowest BCUT2D eigenvalue weighted by Crippen LogP contribution is -2.63. The zero-order valence-corrected chi connectivity index (χ0v) is 27.4. The van der Waals surface area contributed by atoms with Crippen molar-refractivity contribution >= 4 is 17.8 Å². The van der Waals surface area contributed by atoms with Gasteiger partial charge in [0.25, 0.3) is 0 Å². The first-order valence-electron chi connectivity index (χ1n) is 15.5. The van der Waals surface area contributed by atoms with Crippen LogP contribution in [-0.2, 0) is 0 Å². The highest BCUT2D eigenvalue weighted by molar-refractivity contribution is 5.46. The minimum absolute atomic E-state index is 0.0801. The van der Waals surface area contributed by atoms with Gasteiger partial charge in [-0.1, -0.05) is 26.7 Å². The predicted molar refractivity (Wildman–Crippen MR) is 167 cm³/mol. The van der Waals surface area contributed by atoms with Gasteiger partial charge in [-0.2, -0.15) is 15.0 Å². The molecule has 3 heterocycles. The fourth-order valence-corrected chi connectivity index (χ4v) is 7.25. The van der Waals surface area contributed by atoms with E-state index in [9.17, 15) is 0 Å². The Morgan fingerprint density at radius 1 is 0.641 bits per heavy atom. The normalized spacial score (nSPS) is 23.6. The van der Waals surface area contributed by atoms with Gasteiger partial charge in [-0.25, -0.2) is 0 Å². The third-order valence-electron chi connectivity index (χ3n) is 10.1. The van der Waals surface area contributed by atoms with E-state index >= 15 is 0 Å². The average Bonchev–Trinajstić information content (AvgIpc) is 2.80. The number of nitrogens with zero attached hydrogens (tertiary/aromatic N) is 7. The molecule has 2 aliphatic heterocycles. The zero-order valence-electron chi connectivity index (χ0n) is 27.4. The molecule has 224 valence electrons. The minimum atomic E-state index is 0.0801. The Morgan fingerprint density at radius 2 is 0.949 bits per heavy atom. The van der Waals surface area contributed by atoms with Crippen molar-refractivity contribution in [1.82, 2.24) is 24.8 Å². The van der Waals surface area contributed by atoms with E-state index in [4.69, 9.17) is 20.7 Å². The first kappa shape index (κ1) is 31.9. The molecule has 3 rings (SSSR count). The predicted octanol–water partition coefficient (Wildman–Crippen LogP) is 5.97. The van der Waals surface area contributed by atoms with Gasteiger partial charge in [0.05, 0.1) is 0 Å². The largest absolute Gasteiger partial charge is 0.368 e. The summed E-state index contributed by atoms with van der Waals surface area (Å²) in [5, 5.41) is 0. The van der Waals surface area contributed by atoms with E-state index in [2.05, 4.69) is 103 Å². The van der Waals surface area contributed by atoms with Crippen molar-refractivity contribution < 1.29 is 0 Å². The van der Waals surface area contributed by atoms with Crippen LogP contribution in [0.5, 0.6) is 0 Å². The van der Waals surface area contributed by atoms with Crippen LogP contribution in [0.4, 0.5) is 17.8 Å². The number of likely N-dealkylation sites (tertiary alicyclic amines) is 2. The molecule has 0 bridgehead atoms. The SMILES string of the molecule is CCCCN(c1nc(N)nc(N(CCCC)C2CC(C)(C)N(C)C(C)(C)C2)n1)C1CC(C)(C)N(C)C(C)(C)C1. The van der Waals surface area contributed by atoms with E-state index < -0.39 is 0 Å². The highest BCUT2D eigenvalue weighted by atomic mass is 15.4. The van der Waals surface area contributed by atoms with Crippen molar-refractivity contribution in [1.29, 1.82) is 0 Å². The maximum Gasteiger partial charge on any atom is 0.232 e. The number of piperidine rings is 2. The van der Waals surface area contributed by atoms with Crippen LogP contribution in [0.3, 0.4) is 0 Å². The Hall–Kier alpha value is -1.67. The third kappa shape index (κ3) is 6.98. The summed E-state index contributed by atoms with van der Waals surface area (Å²) in [5.74, 6) is 1.83. The fraction of sp³-hybridized carbons (Fsp3) is 0.903. The number of rotatable bonds is 10. The highest BCUT2D eigenvalue weighted by Crippen LogP contribution is 2.42. The second-order valence-corrected chi connectivity index (χ2v) is 14.9. The monoisotopic (exact) mass is 544 g/mol. The number of anilines is 3. The van der Waals surface area contributed by atoms with Crippen molar-refractivity contribution in [2.24, 2.45) is 0 Å². The summed E-state index contributed by atoms with van der Waals surface area (Å²) in [6.07, 6.45) is 8.72. The molecule has 0 aliphatic carbocycles. The molecule has 2 saturated heterocycles. The number of hydrogen-bond donors (Lipinski definition) is 1. The molecule has 0 aromatic carbocycles. The molecule has 1 aromatic rings. The summed E-state index contributed by atoms with van der Waals surface area (Å²) in [7, 11) is 4.53. The van der Waals surface area contributed by atoms with Gasteiger partial charge in [0.1, 0.15) is 0 Å². The van der Waals surface area contributed by atoms with Gasteiger partial charge in [-0.3, -0.25) is 9.80 Å². The van der Waals surface area contributed by atoms with E-state index in [-0.39, 0.29) is 22.2 Å². The second kappa shape index (κ2) is 11.7. The molecule has 2 fully saturated rings. The van der Waals surface area contributed by atoms with Crippen LogP contribution in [0.25, 0.3) is 0 Å². The average molecular weight is 545 g/mol. The number of hydrogen-bond acceptors (Lipinski definition) is 8. The van der Waals surface area contributed by atoms with Crippen molar-refractivity contribution in [3.63, 3.8) is 0 Å². The lowest BCUT2D eigenvalue weighted by molar-refractivity contribution is -0.0130. The molecule has 0 atom stereocenters. The Balaban J connectivity index is 2.04. The quantitative estimate of drug-likeness (QED) is 0.386. The number of nitrogens with two attached hydrogens (primary N) is 1. The molecule has 8 heteroatoms. The molecule has 2 N–H and O–H groups in total. The molecule has 0 spiro atoms. The molecule has 2 aliphatic rings. The van der Waals surface area contributed by atoms with Crippen LogP contribution in [0.2, 0.25) is 0 Å². The Kier molecular flexibility index (Phi) is 9.53. The van der Waals surface area contributed by atoms with Gasteiger partial charge >= 0.3 is 0 Å². The Morgan fingerprint density at radius 3 is 1.23 bits per heavy atom. The number of nitrogen functional groups attached to an aromatic ring is 1. The van der Waals surface area contributed by atoms with E-state index in [1.807, 2.05) is 0 Å². The second-order valence-electron chi connectivity index (χ2n) is 14.9. The molecular weight excluding hydrogens is 484 g/mol. The summed E-state index contributed by atoms with van der Waals surface area (Å²) in [6.45, 7) is 25.3. The van der Waals surface area contributed by atoms with Crippen LogP contribution >= 0.6 is 0 Å². The molecule has 0 saturated carbocycles. The Bertz CT molecular complexity index is 848. The number of unbranched alkanes of at least 4 members (excludes halogenated alkanes) is 2. The van der Waals surface area contributed by atoms with E-state index in [0.29, 0.717) is 18.0 Å². The molecule has 0 amide bonds. The summed E-state index contributed by atoms with van der Waals surface area (Å²) >= 11 is 0. The van der Waals surface area contributed by atoms with E-state index in [1.165, 1.54) is 0 Å². The third-order valence-corrected chi connectivity index (χ3v) is 10.1. The molecule has 8 nitrogen and oxygen atoms in total. The first-order valence-corrected chi connectivity index (χ1v) is 15.5. The standard InChI is InChI=1S/C31H60N8/c1-13-15-17-38(23-19-28(3,4)36(11)29(5,6)20-23)26-33-25(32)34-27(35-26)39(18-16-14-2)24-21-30(7,8)37(12)31(9,10)22-24/h23-24H,13-22H2,1-12H3,(H2,32,33,34,35). The molecule has 0 unspecified atom stereocenters. The molecule has 39 heavy (non-hydrogen) atoms. The topological polar surface area (TPSA) is 77.7 Å². The van der Waals surface area contributed by atoms with Crippen LogP contribution in [0.1, 0.15) is 121 Å². The van der Waals surface area contributed by atoms with Gasteiger partial charge in [-0.05, 0) is 108 Å². The number of aromatic nitrogens is 3. The van der Waals surface area contributed by atoms with Gasteiger partial charge in [0.15, 0.2) is 0 Å². The van der Waals surface area contributed by atoms with E-state index in [1.54, 1.807) is 0 Å². The molecule has 1 aromatic heterocycles. The first-order chi connectivity index (χ1) is 17.9. The van der Waals surface area contributed by atoms with Crippen LogP contribution in [0.15, 0.2) is 0 Å². The maximum atomic E-state index is 6.48. The summed E-state index contributed by atoms with van der Waals surface area (Å²) in [4.78, 5) is 24.8. The van der Waals surface area contributed by atoms with Crippen molar-refractivity contribution in [3.8, 4) is 0 Å². The van der Waals surface area contributed by atoms with Crippen molar-refractivity contribution in [2.45, 2.75) is 155 Å². The molecular formula is C31H60N8. The van der Waals surface area contributed by atoms with Crippen molar-refractivity contribution in [3.05, 3.63) is 0 Å². The van der Waals surface area contributed by atoms with Gasteiger partial charge in [0.2, 0.25) is 17.8 Å². The smallest absolute Gasteiger partial charge is 0.232 e. The summed E-state index contributed by atoms with van der Waals surface area (Å²) < 4.78 is 0. The highest BCUT2D eigenvalue weighted by Gasteiger charge is 2.47. The Labute approximate surface area is 240 Å². The summed E-state index contributed by atoms with van der Waals surface area (Å²) in [6, 6.07) is 0.690. The molecule has 0 radical (unpaired) electrons. The zero-order chi connectivity index (χ0) is 29.4. The van der Waals surface area contributed by atoms with E-state index in [0.717, 1.165) is 76.4 Å². The lowest BCUT2D eigenvalue weighted by atomic mass is 9.77. The minimum Gasteiger partial charge on any atom is -0.368 e. The van der Waals surface area contributed by atoms with Gasteiger partial charge in [-0.15, -0.1) is 0 Å². The van der Waals surface area contributed by atoms with Crippen LogP contribution in [-0.4, -0.2) is 86.2 Å². The van der Waals surface area contributed by atoms with Gasteiger partial charge < -0.3 is 15.5 Å². The van der Waals surface area contributed by atoms with Gasteiger partial charge in [0, 0.05) is 47.3 Å². The maximum absolute atomic E-state index is 6.48. The van der Waals surface area contributed by atoms with Crippen LogP contribution in [0, 0.1) is 0 Å². The summed E-state index contributed by atoms with van der Waals surface area (Å²) in [5.41, 5.74) is 6.80. The van der Waals surface area contributed by atoms with Crippen molar-refractivity contribution in [2.75, 3.05) is 42.7 Å². The van der Waals surface area contributed by atoms with Crippen LogP contribution < -0.4 is 15.5 Å².